The average Bonchev–Trinajstić information content (AvgIpc) is 3.26. The second-order valence-corrected chi connectivity index (χ2v) is 9.66. The molecule has 0 saturated heterocycles. The van der Waals surface area contributed by atoms with E-state index in [1.165, 1.54) is 22.4 Å². The van der Waals surface area contributed by atoms with Gasteiger partial charge in [-0.3, -0.25) is 4.90 Å². The maximum atomic E-state index is 10.2. The van der Waals surface area contributed by atoms with Gasteiger partial charge in [-0.2, -0.15) is 0 Å². The van der Waals surface area contributed by atoms with E-state index in [9.17, 15) is 5.11 Å². The number of fused-ring (bicyclic) bond motifs is 6. The van der Waals surface area contributed by atoms with E-state index in [1.54, 1.807) is 21.3 Å². The van der Waals surface area contributed by atoms with Gasteiger partial charge < -0.3 is 28.6 Å². The van der Waals surface area contributed by atoms with Gasteiger partial charge in [-0.15, -0.1) is 0 Å². The van der Waals surface area contributed by atoms with Crippen LogP contribution < -0.4 is 18.9 Å². The van der Waals surface area contributed by atoms with E-state index in [0.29, 0.717) is 6.61 Å². The lowest BCUT2D eigenvalue weighted by Crippen LogP contribution is -2.39. The Morgan fingerprint density at radius 1 is 0.921 bits per heavy atom. The maximum Gasteiger partial charge on any atom is 0.161 e. The van der Waals surface area contributed by atoms with Gasteiger partial charge in [-0.05, 0) is 77.6 Å². The normalized spacial score (nSPS) is 16.2. The number of aromatic nitrogens is 1. The Labute approximate surface area is 224 Å². The van der Waals surface area contributed by atoms with Crippen LogP contribution in [0.5, 0.6) is 23.0 Å². The highest BCUT2D eigenvalue weighted by molar-refractivity contribution is 5.87. The fourth-order valence-electron chi connectivity index (χ4n) is 5.92. The van der Waals surface area contributed by atoms with Gasteiger partial charge in [0.05, 0.1) is 26.8 Å². The highest BCUT2D eigenvalue weighted by atomic mass is 16.5. The van der Waals surface area contributed by atoms with Crippen LogP contribution in [0.2, 0.25) is 0 Å². The molecule has 7 nitrogen and oxygen atoms in total. The Morgan fingerprint density at radius 2 is 1.74 bits per heavy atom. The molecule has 7 heteroatoms. The molecule has 1 aromatic heterocycles. The number of nitrogens with zero attached hydrogens (tertiary/aromatic N) is 2. The molecule has 4 aromatic rings. The van der Waals surface area contributed by atoms with Crippen molar-refractivity contribution in [3.8, 4) is 23.0 Å². The van der Waals surface area contributed by atoms with Gasteiger partial charge in [0.15, 0.2) is 11.5 Å². The van der Waals surface area contributed by atoms with Gasteiger partial charge in [0.1, 0.15) is 24.8 Å². The van der Waals surface area contributed by atoms with Crippen molar-refractivity contribution in [1.82, 2.24) is 9.47 Å². The first-order valence-electron chi connectivity index (χ1n) is 12.6. The van der Waals surface area contributed by atoms with Crippen LogP contribution in [0.4, 0.5) is 0 Å². The van der Waals surface area contributed by atoms with Crippen molar-refractivity contribution >= 4 is 10.9 Å². The molecule has 0 fully saturated rings. The number of ether oxygens (including phenoxy) is 4. The molecule has 0 aliphatic carbocycles. The van der Waals surface area contributed by atoms with Gasteiger partial charge in [0.25, 0.3) is 0 Å². The van der Waals surface area contributed by atoms with E-state index in [2.05, 4.69) is 23.1 Å². The van der Waals surface area contributed by atoms with Gasteiger partial charge in [-0.25, -0.2) is 0 Å². The van der Waals surface area contributed by atoms with E-state index in [1.807, 2.05) is 41.0 Å². The Bertz CT molecular complexity index is 1460. The lowest BCUT2D eigenvalue weighted by atomic mass is 9.85. The summed E-state index contributed by atoms with van der Waals surface area (Å²) < 4.78 is 24.9. The molecule has 0 radical (unpaired) electrons. The minimum absolute atomic E-state index is 0. The largest absolute Gasteiger partial charge is 0.497 e. The molecule has 3 aromatic carbocycles. The summed E-state index contributed by atoms with van der Waals surface area (Å²) in [5.41, 5.74) is 7.16. The minimum Gasteiger partial charge on any atom is -0.497 e. The maximum absolute atomic E-state index is 10.2. The summed E-state index contributed by atoms with van der Waals surface area (Å²) >= 11 is 0. The van der Waals surface area contributed by atoms with E-state index in [4.69, 9.17) is 18.9 Å². The van der Waals surface area contributed by atoms with E-state index in [0.717, 1.165) is 65.4 Å². The van der Waals surface area contributed by atoms with Crippen LogP contribution in [-0.2, 0) is 32.7 Å². The fourth-order valence-corrected chi connectivity index (χ4v) is 5.92. The van der Waals surface area contributed by atoms with Crippen LogP contribution in [0.25, 0.3) is 10.9 Å². The van der Waals surface area contributed by atoms with Crippen molar-refractivity contribution < 1.29 is 24.1 Å². The number of benzene rings is 3. The molecule has 3 heterocycles. The molecule has 0 saturated carbocycles. The third kappa shape index (κ3) is 4.36. The monoisotopic (exact) mass is 516 g/mol. The van der Waals surface area contributed by atoms with Crippen LogP contribution in [0.1, 0.15) is 41.4 Å². The fraction of sp³-hybridized carbons (Fsp3) is 0.355. The van der Waals surface area contributed by atoms with Crippen molar-refractivity contribution in [2.45, 2.75) is 46.2 Å². The first-order chi connectivity index (χ1) is 18.1. The molecule has 1 atom stereocenters. The van der Waals surface area contributed by atoms with Crippen LogP contribution in [0.15, 0.2) is 54.6 Å². The Hall–Kier alpha value is -3.68. The lowest BCUT2D eigenvalue weighted by molar-refractivity contribution is 0.145. The predicted molar refractivity (Wildman–Crippen MR) is 148 cm³/mol. The predicted octanol–water partition coefficient (Wildman–Crippen LogP) is 5.49. The average molecular weight is 517 g/mol. The standard InChI is InChI=1S/C30H32N2O5.CH4/c1-34-21-6-4-5-19(11-21)17-37-30-12-20-9-10-31-16-28-25(14-27(31)23(20)15-29(30)36-3)24-13-22(35-2)7-8-26(24)32(28)18-33;/h4-8,11-13,15,27,33H,9-10,14,16-18H2,1-3H3;1H4. The highest BCUT2D eigenvalue weighted by Crippen LogP contribution is 2.45. The SMILES string of the molecule is C.COc1cccc(COc2cc3c(cc2OC)C2Cc4c(n(CO)c5ccc(OC)cc45)CN2CC3)c1. The second-order valence-electron chi connectivity index (χ2n) is 9.66. The number of rotatable bonds is 7. The summed E-state index contributed by atoms with van der Waals surface area (Å²) in [6, 6.07) is 18.6. The molecule has 38 heavy (non-hydrogen) atoms. The first-order valence-corrected chi connectivity index (χ1v) is 12.6. The van der Waals surface area contributed by atoms with Crippen LogP contribution in [0.3, 0.4) is 0 Å². The molecule has 0 bridgehead atoms. The third-order valence-corrected chi connectivity index (χ3v) is 7.81. The number of aliphatic hydroxyl groups is 1. The number of methoxy groups -OCH3 is 3. The second kappa shape index (κ2) is 10.6. The van der Waals surface area contributed by atoms with E-state index < -0.39 is 0 Å². The molecule has 0 amide bonds. The van der Waals surface area contributed by atoms with Gasteiger partial charge >= 0.3 is 0 Å². The van der Waals surface area contributed by atoms with Gasteiger partial charge in [0, 0.05) is 30.2 Å². The molecule has 6 rings (SSSR count). The summed E-state index contributed by atoms with van der Waals surface area (Å²) in [6.07, 6.45) is 1.81. The van der Waals surface area contributed by atoms with Crippen LogP contribution in [0, 0.1) is 0 Å². The molecule has 200 valence electrons. The topological polar surface area (TPSA) is 65.3 Å². The summed E-state index contributed by atoms with van der Waals surface area (Å²) in [4.78, 5) is 2.52. The van der Waals surface area contributed by atoms with Crippen molar-refractivity contribution in [2.24, 2.45) is 0 Å². The molecule has 2 aliphatic heterocycles. The van der Waals surface area contributed by atoms with E-state index >= 15 is 0 Å². The number of hydrogen-bond donors (Lipinski definition) is 1. The molecular formula is C31H36N2O5. The highest BCUT2D eigenvalue weighted by Gasteiger charge is 2.36. The van der Waals surface area contributed by atoms with Crippen molar-refractivity contribution in [1.29, 1.82) is 0 Å². The molecule has 1 unspecified atom stereocenters. The molecule has 0 spiro atoms. The van der Waals surface area contributed by atoms with Gasteiger partial charge in [0.2, 0.25) is 0 Å². The lowest BCUT2D eigenvalue weighted by Gasteiger charge is -2.41. The smallest absolute Gasteiger partial charge is 0.161 e. The zero-order valence-corrected chi connectivity index (χ0v) is 21.5. The summed E-state index contributed by atoms with van der Waals surface area (Å²) in [5, 5.41) is 11.4. The summed E-state index contributed by atoms with van der Waals surface area (Å²) in [5.74, 6) is 3.15. The molecule has 1 N–H and O–H groups in total. The number of hydrogen-bond acceptors (Lipinski definition) is 6. The Kier molecular flexibility index (Phi) is 7.23. The zero-order valence-electron chi connectivity index (χ0n) is 21.5. The van der Waals surface area contributed by atoms with Crippen LogP contribution in [-0.4, -0.2) is 42.4 Å². The molecule has 2 aliphatic rings. The minimum atomic E-state index is -0.0327. The number of aliphatic hydroxyl groups excluding tert-OH is 1. The Balaban J connectivity index is 0.00000294. The zero-order chi connectivity index (χ0) is 25.5. The van der Waals surface area contributed by atoms with Gasteiger partial charge in [-0.1, -0.05) is 19.6 Å². The van der Waals surface area contributed by atoms with Crippen molar-refractivity contribution in [3.05, 3.63) is 82.5 Å². The van der Waals surface area contributed by atoms with E-state index in [-0.39, 0.29) is 20.2 Å². The summed E-state index contributed by atoms with van der Waals surface area (Å²) in [7, 11) is 5.05. The Morgan fingerprint density at radius 3 is 2.50 bits per heavy atom. The summed E-state index contributed by atoms with van der Waals surface area (Å²) in [6.45, 7) is 2.16. The van der Waals surface area contributed by atoms with Crippen molar-refractivity contribution in [2.75, 3.05) is 27.9 Å². The van der Waals surface area contributed by atoms with Crippen LogP contribution >= 0.6 is 0 Å². The third-order valence-electron chi connectivity index (χ3n) is 7.81. The van der Waals surface area contributed by atoms with Crippen molar-refractivity contribution in [3.63, 3.8) is 0 Å². The molecular weight excluding hydrogens is 480 g/mol. The quantitative estimate of drug-likeness (QED) is 0.351. The first kappa shape index (κ1) is 25.9.